The SMILES string of the molecule is CCOC(=O)C1=C(C)N=c2sc(=Cc3ccc(OCC(=O)Nc4ccccc4)c(OCC)c3)c(=O)n2C1c1cc(Cl)c(O)c(OC)c1. The van der Waals surface area contributed by atoms with E-state index in [1.54, 1.807) is 50.3 Å². The van der Waals surface area contributed by atoms with E-state index in [1.807, 2.05) is 25.1 Å². The number of amides is 1. The number of halogens is 1. The summed E-state index contributed by atoms with van der Waals surface area (Å²) >= 11 is 7.47. The number of hydrogen-bond acceptors (Lipinski definition) is 10. The number of benzene rings is 3. The van der Waals surface area contributed by atoms with Gasteiger partial charge in [0.05, 0.1) is 47.2 Å². The van der Waals surface area contributed by atoms with E-state index in [9.17, 15) is 19.5 Å². The van der Waals surface area contributed by atoms with Crippen LogP contribution in [0, 0.1) is 0 Å². The lowest BCUT2D eigenvalue weighted by Gasteiger charge is -2.25. The van der Waals surface area contributed by atoms with Crippen LogP contribution in [0.4, 0.5) is 5.69 Å². The molecule has 0 saturated heterocycles. The number of nitrogens with zero attached hydrogens (tertiary/aromatic N) is 2. The summed E-state index contributed by atoms with van der Waals surface area (Å²) in [6, 6.07) is 16.2. The van der Waals surface area contributed by atoms with Crippen molar-refractivity contribution in [2.24, 2.45) is 4.99 Å². The predicted molar refractivity (Wildman–Crippen MR) is 178 cm³/mol. The molecule has 4 aromatic rings. The molecule has 1 aromatic heterocycles. The van der Waals surface area contributed by atoms with Gasteiger partial charge in [0, 0.05) is 5.69 Å². The molecule has 0 spiro atoms. The first-order chi connectivity index (χ1) is 22.6. The third kappa shape index (κ3) is 7.18. The van der Waals surface area contributed by atoms with Crippen LogP contribution in [0.2, 0.25) is 5.02 Å². The number of allylic oxidation sites excluding steroid dienone is 1. The Morgan fingerprint density at radius 2 is 1.81 bits per heavy atom. The highest BCUT2D eigenvalue weighted by Crippen LogP contribution is 2.40. The minimum absolute atomic E-state index is 0.0114. The normalized spacial score (nSPS) is 14.2. The Labute approximate surface area is 279 Å². The lowest BCUT2D eigenvalue weighted by molar-refractivity contribution is -0.139. The summed E-state index contributed by atoms with van der Waals surface area (Å²) in [5, 5.41) is 13.1. The molecule has 1 aliphatic heterocycles. The molecule has 0 radical (unpaired) electrons. The zero-order valence-corrected chi connectivity index (χ0v) is 27.6. The molecular formula is C34H32ClN3O8S. The summed E-state index contributed by atoms with van der Waals surface area (Å²) < 4.78 is 23.9. The summed E-state index contributed by atoms with van der Waals surface area (Å²) in [6.45, 7) is 5.40. The highest BCUT2D eigenvalue weighted by atomic mass is 35.5. The van der Waals surface area contributed by atoms with Gasteiger partial charge in [0.1, 0.15) is 0 Å². The number of aromatic nitrogens is 1. The first-order valence-corrected chi connectivity index (χ1v) is 15.8. The Morgan fingerprint density at radius 3 is 2.51 bits per heavy atom. The maximum absolute atomic E-state index is 14.0. The van der Waals surface area contributed by atoms with Crippen molar-refractivity contribution in [2.75, 3.05) is 32.2 Å². The third-order valence-corrected chi connectivity index (χ3v) is 8.36. The van der Waals surface area contributed by atoms with Gasteiger partial charge >= 0.3 is 5.97 Å². The molecule has 1 atom stereocenters. The summed E-state index contributed by atoms with van der Waals surface area (Å²) in [4.78, 5) is 44.6. The topological polar surface area (TPSA) is 138 Å². The van der Waals surface area contributed by atoms with E-state index in [2.05, 4.69) is 10.3 Å². The number of aromatic hydroxyl groups is 1. The van der Waals surface area contributed by atoms with Crippen LogP contribution in [0.3, 0.4) is 0 Å². The van der Waals surface area contributed by atoms with E-state index in [-0.39, 0.29) is 41.2 Å². The van der Waals surface area contributed by atoms with Gasteiger partial charge in [0.2, 0.25) is 0 Å². The van der Waals surface area contributed by atoms with Crippen molar-refractivity contribution in [2.45, 2.75) is 26.8 Å². The Bertz CT molecular complexity index is 2040. The van der Waals surface area contributed by atoms with Gasteiger partial charge in [-0.2, -0.15) is 0 Å². The van der Waals surface area contributed by atoms with Gasteiger partial charge < -0.3 is 29.4 Å². The smallest absolute Gasteiger partial charge is 0.338 e. The molecule has 13 heteroatoms. The quantitative estimate of drug-likeness (QED) is 0.220. The van der Waals surface area contributed by atoms with Crippen LogP contribution in [0.25, 0.3) is 6.08 Å². The fourth-order valence-corrected chi connectivity index (χ4v) is 6.30. The second kappa shape index (κ2) is 14.6. The predicted octanol–water partition coefficient (Wildman–Crippen LogP) is 4.58. The van der Waals surface area contributed by atoms with Crippen molar-refractivity contribution in [3.05, 3.63) is 108 Å². The first kappa shape index (κ1) is 33.3. The average Bonchev–Trinajstić information content (AvgIpc) is 3.35. The van der Waals surface area contributed by atoms with E-state index in [1.165, 1.54) is 23.8 Å². The maximum Gasteiger partial charge on any atom is 0.338 e. The summed E-state index contributed by atoms with van der Waals surface area (Å²) in [6.07, 6.45) is 1.68. The van der Waals surface area contributed by atoms with Crippen LogP contribution in [0.1, 0.15) is 37.9 Å². The van der Waals surface area contributed by atoms with Crippen LogP contribution < -0.4 is 34.4 Å². The zero-order chi connectivity index (χ0) is 33.7. The molecule has 3 aromatic carbocycles. The van der Waals surface area contributed by atoms with Crippen LogP contribution in [-0.4, -0.2) is 48.5 Å². The summed E-state index contributed by atoms with van der Waals surface area (Å²) in [5.41, 5.74) is 1.83. The molecule has 2 heterocycles. The number of esters is 1. The molecule has 0 saturated carbocycles. The molecule has 47 heavy (non-hydrogen) atoms. The number of methoxy groups -OCH3 is 1. The fourth-order valence-electron chi connectivity index (χ4n) is 5.03. The Kier molecular flexibility index (Phi) is 10.3. The van der Waals surface area contributed by atoms with E-state index in [0.29, 0.717) is 50.0 Å². The highest BCUT2D eigenvalue weighted by Gasteiger charge is 2.34. The van der Waals surface area contributed by atoms with Crippen molar-refractivity contribution >= 4 is 46.6 Å². The standard InChI is InChI=1S/C34H32ClN3O8S/c1-5-44-25-14-20(12-13-24(25)46-18-28(39)37-22-10-8-7-9-11-22)15-27-32(41)38-30(21-16-23(35)31(40)26(17-21)43-4)29(33(42)45-6-2)19(3)36-34(38)47-27/h7-17,30,40H,5-6,18H2,1-4H3,(H,37,39). The number of rotatable bonds is 11. The lowest BCUT2D eigenvalue weighted by atomic mass is 9.95. The molecular weight excluding hydrogens is 646 g/mol. The number of hydrogen-bond donors (Lipinski definition) is 2. The molecule has 1 aliphatic rings. The number of anilines is 1. The molecule has 1 amide bonds. The van der Waals surface area contributed by atoms with Crippen LogP contribution >= 0.6 is 22.9 Å². The molecule has 244 valence electrons. The minimum atomic E-state index is -0.962. The van der Waals surface area contributed by atoms with Crippen LogP contribution in [0.15, 0.2) is 81.7 Å². The number of ether oxygens (including phenoxy) is 4. The number of carbonyl (C=O) groups is 2. The van der Waals surface area contributed by atoms with Gasteiger partial charge in [0.25, 0.3) is 11.5 Å². The van der Waals surface area contributed by atoms with Crippen molar-refractivity contribution in [3.8, 4) is 23.0 Å². The van der Waals surface area contributed by atoms with Gasteiger partial charge in [-0.3, -0.25) is 14.2 Å². The van der Waals surface area contributed by atoms with E-state index in [4.69, 9.17) is 30.5 Å². The Balaban J connectivity index is 1.53. The molecule has 5 rings (SSSR count). The fraction of sp³-hybridized carbons (Fsp3) is 0.235. The van der Waals surface area contributed by atoms with Gasteiger partial charge in [-0.25, -0.2) is 9.79 Å². The number of thiazole rings is 1. The molecule has 1 unspecified atom stereocenters. The molecule has 11 nitrogen and oxygen atoms in total. The zero-order valence-electron chi connectivity index (χ0n) is 26.0. The van der Waals surface area contributed by atoms with E-state index >= 15 is 0 Å². The Morgan fingerprint density at radius 1 is 1.04 bits per heavy atom. The molecule has 0 aliphatic carbocycles. The number of nitrogens with one attached hydrogen (secondary N) is 1. The van der Waals surface area contributed by atoms with Crippen molar-refractivity contribution in [1.29, 1.82) is 0 Å². The Hall–Kier alpha value is -5.07. The lowest BCUT2D eigenvalue weighted by Crippen LogP contribution is -2.40. The molecule has 2 N–H and O–H groups in total. The third-order valence-electron chi connectivity index (χ3n) is 7.09. The van der Waals surface area contributed by atoms with Gasteiger partial charge in [-0.15, -0.1) is 0 Å². The van der Waals surface area contributed by atoms with Crippen molar-refractivity contribution in [3.63, 3.8) is 0 Å². The average molecular weight is 678 g/mol. The first-order valence-electron chi connectivity index (χ1n) is 14.7. The van der Waals surface area contributed by atoms with Crippen LogP contribution in [0.5, 0.6) is 23.0 Å². The van der Waals surface area contributed by atoms with Gasteiger partial charge in [-0.1, -0.05) is 47.2 Å². The second-order valence-corrected chi connectivity index (χ2v) is 11.6. The van der Waals surface area contributed by atoms with Crippen LogP contribution in [-0.2, 0) is 14.3 Å². The van der Waals surface area contributed by atoms with E-state index in [0.717, 1.165) is 11.3 Å². The molecule has 0 fully saturated rings. The minimum Gasteiger partial charge on any atom is -0.503 e. The van der Waals surface area contributed by atoms with Crippen molar-refractivity contribution < 1.29 is 33.6 Å². The number of phenolic OH excluding ortho intramolecular Hbond substituents is 1. The highest BCUT2D eigenvalue weighted by molar-refractivity contribution is 7.07. The number of para-hydroxylation sites is 1. The number of phenols is 1. The van der Waals surface area contributed by atoms with Gasteiger partial charge in [0.15, 0.2) is 34.4 Å². The maximum atomic E-state index is 14.0. The number of carbonyl (C=O) groups excluding carboxylic acids is 2. The van der Waals surface area contributed by atoms with E-state index < -0.39 is 17.6 Å². The monoisotopic (exact) mass is 677 g/mol. The number of fused-ring (bicyclic) bond motifs is 1. The van der Waals surface area contributed by atoms with Gasteiger partial charge in [-0.05, 0) is 74.4 Å². The largest absolute Gasteiger partial charge is 0.503 e. The molecule has 0 bridgehead atoms. The summed E-state index contributed by atoms with van der Waals surface area (Å²) in [7, 11) is 1.38. The summed E-state index contributed by atoms with van der Waals surface area (Å²) in [5.74, 6) is -0.393. The second-order valence-electron chi connectivity index (χ2n) is 10.2. The van der Waals surface area contributed by atoms with Crippen molar-refractivity contribution in [1.82, 2.24) is 4.57 Å².